The van der Waals surface area contributed by atoms with Crippen molar-refractivity contribution in [2.45, 2.75) is 0 Å². The lowest BCUT2D eigenvalue weighted by molar-refractivity contribution is 0.627. The van der Waals surface area contributed by atoms with E-state index in [-0.39, 0.29) is 15.8 Å². The van der Waals surface area contributed by atoms with Crippen LogP contribution in [0.25, 0.3) is 17.3 Å². The van der Waals surface area contributed by atoms with Crippen molar-refractivity contribution in [1.82, 2.24) is 4.57 Å². The minimum Gasteiger partial charge on any atom is -0.267 e. The number of halogens is 1. The van der Waals surface area contributed by atoms with Crippen molar-refractivity contribution in [3.05, 3.63) is 72.0 Å². The van der Waals surface area contributed by atoms with Crippen molar-refractivity contribution in [3.63, 3.8) is 0 Å². The highest BCUT2D eigenvalue weighted by Crippen LogP contribution is 2.09. The van der Waals surface area contributed by atoms with Gasteiger partial charge in [-0.2, -0.15) is 10.5 Å². The van der Waals surface area contributed by atoms with Gasteiger partial charge in [0.05, 0.1) is 10.2 Å². The molecule has 24 heavy (non-hydrogen) atoms. The second-order valence-corrected chi connectivity index (χ2v) is 6.66. The second kappa shape index (κ2) is 6.63. The van der Waals surface area contributed by atoms with Gasteiger partial charge in [-0.3, -0.25) is 9.36 Å². The Bertz CT molecular complexity index is 1130. The highest BCUT2D eigenvalue weighted by Gasteiger charge is 2.11. The Hall–Kier alpha value is -3.00. The first kappa shape index (κ1) is 15.9. The monoisotopic (exact) mass is 353 g/mol. The molecule has 0 bridgehead atoms. The maximum absolute atomic E-state index is 13.2. The first-order valence-electron chi connectivity index (χ1n) is 6.71. The molecule has 2 aromatic heterocycles. The normalized spacial score (nSPS) is 11.0. The summed E-state index contributed by atoms with van der Waals surface area (Å²) in [4.78, 5) is 13.6. The van der Waals surface area contributed by atoms with E-state index in [1.807, 2.05) is 29.7 Å². The molecule has 0 amide bonds. The summed E-state index contributed by atoms with van der Waals surface area (Å²) in [6.07, 6.45) is 1.72. The van der Waals surface area contributed by atoms with Crippen LogP contribution < -0.4 is 14.8 Å². The summed E-state index contributed by atoms with van der Waals surface area (Å²) in [6, 6.07) is 12.7. The number of thiophene rings is 1. The van der Waals surface area contributed by atoms with E-state index in [9.17, 15) is 9.18 Å². The van der Waals surface area contributed by atoms with Crippen LogP contribution in [0.4, 0.5) is 4.39 Å². The fourth-order valence-electron chi connectivity index (χ4n) is 2.10. The molecule has 0 N–H and O–H groups in total. The molecule has 7 heteroatoms. The molecule has 0 atom stereocenters. The Morgan fingerprint density at radius 2 is 1.88 bits per heavy atom. The molecule has 0 aliphatic carbocycles. The average Bonchev–Trinajstić information content (AvgIpc) is 3.20. The standard InChI is InChI=1S/C17H8FN3OS2/c18-12-3-5-13(6-4-12)21-16(22)15(8-14-2-1-7-23-14)24-17(21)11(9-19)10-20/h1-8H/b15-8+. The SMILES string of the molecule is N#CC(C#N)=c1s/c(=C/c2cccs2)c(=O)n1-c1ccc(F)cc1. The molecule has 3 rings (SSSR count). The molecular weight excluding hydrogens is 345 g/mol. The quantitative estimate of drug-likeness (QED) is 0.709. The van der Waals surface area contributed by atoms with Gasteiger partial charge in [-0.15, -0.1) is 22.7 Å². The van der Waals surface area contributed by atoms with Gasteiger partial charge in [0, 0.05) is 4.88 Å². The van der Waals surface area contributed by atoms with E-state index in [1.165, 1.54) is 40.2 Å². The summed E-state index contributed by atoms with van der Waals surface area (Å²) >= 11 is 2.54. The largest absolute Gasteiger partial charge is 0.273 e. The van der Waals surface area contributed by atoms with Crippen molar-refractivity contribution in [3.8, 4) is 17.8 Å². The summed E-state index contributed by atoms with van der Waals surface area (Å²) in [5.41, 5.74) is -0.105. The zero-order valence-corrected chi connectivity index (χ0v) is 13.7. The minimum atomic E-state index is -0.432. The summed E-state index contributed by atoms with van der Waals surface area (Å²) in [5, 5.41) is 20.2. The predicted molar refractivity (Wildman–Crippen MR) is 91.6 cm³/mol. The molecule has 3 aromatic rings. The number of hydrogen-bond donors (Lipinski definition) is 0. The number of benzene rings is 1. The van der Waals surface area contributed by atoms with Crippen LogP contribution >= 0.6 is 22.7 Å². The maximum Gasteiger partial charge on any atom is 0.273 e. The molecule has 2 heterocycles. The Balaban J connectivity index is 2.40. The third kappa shape index (κ3) is 2.91. The molecule has 0 radical (unpaired) electrons. The molecular formula is C17H8FN3OS2. The average molecular weight is 353 g/mol. The van der Waals surface area contributed by atoms with Crippen LogP contribution in [0.15, 0.2) is 46.6 Å². The number of nitrogens with zero attached hydrogens (tertiary/aromatic N) is 3. The summed E-state index contributed by atoms with van der Waals surface area (Å²) in [5.74, 6) is -0.432. The molecule has 4 nitrogen and oxygen atoms in total. The third-order valence-electron chi connectivity index (χ3n) is 3.16. The fourth-order valence-corrected chi connectivity index (χ4v) is 3.88. The smallest absolute Gasteiger partial charge is 0.267 e. The Morgan fingerprint density at radius 1 is 1.17 bits per heavy atom. The van der Waals surface area contributed by atoms with Gasteiger partial charge in [0.1, 0.15) is 22.6 Å². The number of thiazole rings is 1. The Labute approximate surface area is 143 Å². The van der Waals surface area contributed by atoms with Gasteiger partial charge in [-0.1, -0.05) is 6.07 Å². The van der Waals surface area contributed by atoms with Gasteiger partial charge in [0.25, 0.3) is 5.56 Å². The van der Waals surface area contributed by atoms with E-state index >= 15 is 0 Å². The van der Waals surface area contributed by atoms with Crippen molar-refractivity contribution < 1.29 is 4.39 Å². The first-order chi connectivity index (χ1) is 11.6. The van der Waals surface area contributed by atoms with E-state index in [2.05, 4.69) is 0 Å². The minimum absolute atomic E-state index is 0.160. The van der Waals surface area contributed by atoms with Crippen LogP contribution in [0, 0.1) is 28.5 Å². The highest BCUT2D eigenvalue weighted by molar-refractivity contribution is 7.11. The van der Waals surface area contributed by atoms with Crippen molar-refractivity contribution in [2.75, 3.05) is 0 Å². The summed E-state index contributed by atoms with van der Waals surface area (Å²) < 4.78 is 15.1. The zero-order valence-electron chi connectivity index (χ0n) is 12.1. The molecule has 0 spiro atoms. The van der Waals surface area contributed by atoms with Gasteiger partial charge in [-0.05, 0) is 41.8 Å². The van der Waals surface area contributed by atoms with Crippen molar-refractivity contribution in [1.29, 1.82) is 10.5 Å². The lowest BCUT2D eigenvalue weighted by Crippen LogP contribution is -2.30. The highest BCUT2D eigenvalue weighted by atomic mass is 32.1. The number of aromatic nitrogens is 1. The lowest BCUT2D eigenvalue weighted by Gasteiger charge is -2.01. The molecule has 0 fully saturated rings. The number of hydrogen-bond acceptors (Lipinski definition) is 5. The van der Waals surface area contributed by atoms with E-state index < -0.39 is 5.82 Å². The van der Waals surface area contributed by atoms with Crippen LogP contribution in [0.3, 0.4) is 0 Å². The summed E-state index contributed by atoms with van der Waals surface area (Å²) in [7, 11) is 0. The van der Waals surface area contributed by atoms with Gasteiger partial charge in [-0.25, -0.2) is 4.39 Å². The lowest BCUT2D eigenvalue weighted by atomic mass is 10.3. The van der Waals surface area contributed by atoms with E-state index in [0.717, 1.165) is 16.2 Å². The molecule has 0 aliphatic heterocycles. The van der Waals surface area contributed by atoms with Crippen molar-refractivity contribution >= 4 is 34.3 Å². The van der Waals surface area contributed by atoms with Crippen LogP contribution in [0.2, 0.25) is 0 Å². The second-order valence-electron chi connectivity index (χ2n) is 4.65. The number of nitriles is 2. The molecule has 1 aromatic carbocycles. The van der Waals surface area contributed by atoms with E-state index in [1.54, 1.807) is 6.08 Å². The van der Waals surface area contributed by atoms with E-state index in [0.29, 0.717) is 10.2 Å². The van der Waals surface area contributed by atoms with Gasteiger partial charge in [0.2, 0.25) is 0 Å². The molecule has 0 saturated carbocycles. The zero-order chi connectivity index (χ0) is 17.1. The first-order valence-corrected chi connectivity index (χ1v) is 8.41. The fraction of sp³-hybridized carbons (Fsp3) is 0. The predicted octanol–water partition coefficient (Wildman–Crippen LogP) is 2.13. The topological polar surface area (TPSA) is 69.6 Å². The van der Waals surface area contributed by atoms with Crippen LogP contribution in [-0.4, -0.2) is 4.57 Å². The van der Waals surface area contributed by atoms with Crippen LogP contribution in [0.1, 0.15) is 4.88 Å². The summed E-state index contributed by atoms with van der Waals surface area (Å²) in [6.45, 7) is 0. The van der Waals surface area contributed by atoms with Gasteiger partial charge >= 0.3 is 0 Å². The van der Waals surface area contributed by atoms with Gasteiger partial charge < -0.3 is 0 Å². The third-order valence-corrected chi connectivity index (χ3v) is 5.07. The molecule has 0 unspecified atom stereocenters. The molecule has 0 saturated heterocycles. The van der Waals surface area contributed by atoms with E-state index in [4.69, 9.17) is 10.5 Å². The van der Waals surface area contributed by atoms with Crippen molar-refractivity contribution in [2.24, 2.45) is 0 Å². The van der Waals surface area contributed by atoms with Gasteiger partial charge in [0.15, 0.2) is 5.57 Å². The molecule has 116 valence electrons. The molecule has 0 aliphatic rings. The van der Waals surface area contributed by atoms with Crippen LogP contribution in [0.5, 0.6) is 0 Å². The number of rotatable bonds is 2. The van der Waals surface area contributed by atoms with Crippen LogP contribution in [-0.2, 0) is 0 Å². The maximum atomic E-state index is 13.2. The Kier molecular flexibility index (Phi) is 4.39. The Morgan fingerprint density at radius 3 is 2.46 bits per heavy atom.